The largest absolute Gasteiger partial charge is 0.330 e. The second-order valence-electron chi connectivity index (χ2n) is 6.40. The van der Waals surface area contributed by atoms with Crippen molar-refractivity contribution in [1.82, 2.24) is 4.98 Å². The van der Waals surface area contributed by atoms with Crippen LogP contribution in [0.1, 0.15) is 45.6 Å². The average Bonchev–Trinajstić information content (AvgIpc) is 2.36. The van der Waals surface area contributed by atoms with Crippen molar-refractivity contribution in [3.63, 3.8) is 0 Å². The molecule has 0 saturated carbocycles. The Morgan fingerprint density at radius 3 is 2.65 bits per heavy atom. The first-order valence-electron chi connectivity index (χ1n) is 7.26. The van der Waals surface area contributed by atoms with E-state index in [2.05, 4.69) is 31.1 Å². The maximum absolute atomic E-state index is 12.0. The minimum Gasteiger partial charge on any atom is -0.330 e. The van der Waals surface area contributed by atoms with Crippen LogP contribution in [-0.4, -0.2) is 17.4 Å². The molecule has 1 aromatic heterocycles. The number of aromatic nitrogens is 1. The van der Waals surface area contributed by atoms with Gasteiger partial charge in [0.2, 0.25) is 5.91 Å². The van der Waals surface area contributed by atoms with E-state index in [-0.39, 0.29) is 11.3 Å². The molecule has 1 aromatic rings. The van der Waals surface area contributed by atoms with E-state index in [1.165, 1.54) is 0 Å². The van der Waals surface area contributed by atoms with Gasteiger partial charge >= 0.3 is 0 Å². The van der Waals surface area contributed by atoms with Gasteiger partial charge in [0, 0.05) is 12.6 Å². The number of carbonyl (C=O) groups excluding carboxylic acids is 1. The van der Waals surface area contributed by atoms with Crippen LogP contribution in [-0.2, 0) is 4.79 Å². The normalized spacial score (nSPS) is 13.1. The summed E-state index contributed by atoms with van der Waals surface area (Å²) in [5.41, 5.74) is 6.83. The highest BCUT2D eigenvalue weighted by Gasteiger charge is 2.24. The van der Waals surface area contributed by atoms with Crippen molar-refractivity contribution < 1.29 is 4.79 Å². The number of hydrogen-bond donors (Lipinski definition) is 2. The first-order valence-corrected chi connectivity index (χ1v) is 7.26. The van der Waals surface area contributed by atoms with Gasteiger partial charge in [-0.1, -0.05) is 26.8 Å². The summed E-state index contributed by atoms with van der Waals surface area (Å²) in [6, 6.07) is 3.80. The van der Waals surface area contributed by atoms with Crippen molar-refractivity contribution in [1.29, 1.82) is 0 Å². The van der Waals surface area contributed by atoms with Crippen molar-refractivity contribution in [2.45, 2.75) is 47.0 Å². The third kappa shape index (κ3) is 5.29. The number of pyridine rings is 1. The lowest BCUT2D eigenvalue weighted by molar-refractivity contribution is -0.116. The van der Waals surface area contributed by atoms with Crippen LogP contribution >= 0.6 is 0 Å². The second kappa shape index (κ2) is 7.39. The van der Waals surface area contributed by atoms with Gasteiger partial charge in [0.25, 0.3) is 0 Å². The Labute approximate surface area is 122 Å². The molecule has 0 radical (unpaired) electrons. The van der Waals surface area contributed by atoms with Crippen LogP contribution in [0.4, 0.5) is 5.82 Å². The van der Waals surface area contributed by atoms with E-state index >= 15 is 0 Å². The van der Waals surface area contributed by atoms with Gasteiger partial charge in [-0.25, -0.2) is 4.98 Å². The molecule has 1 heterocycles. The summed E-state index contributed by atoms with van der Waals surface area (Å²) in [7, 11) is 0. The lowest BCUT2D eigenvalue weighted by Crippen LogP contribution is -2.25. The fraction of sp³-hybridized carbons (Fsp3) is 0.625. The Morgan fingerprint density at radius 2 is 2.10 bits per heavy atom. The van der Waals surface area contributed by atoms with E-state index in [1.807, 2.05) is 19.1 Å². The van der Waals surface area contributed by atoms with E-state index in [4.69, 9.17) is 5.73 Å². The van der Waals surface area contributed by atoms with Crippen LogP contribution in [0.25, 0.3) is 0 Å². The summed E-state index contributed by atoms with van der Waals surface area (Å²) in [6.45, 7) is 9.22. The van der Waals surface area contributed by atoms with Crippen molar-refractivity contribution in [3.05, 3.63) is 23.9 Å². The highest BCUT2D eigenvalue weighted by atomic mass is 16.1. The van der Waals surface area contributed by atoms with E-state index < -0.39 is 0 Å². The monoisotopic (exact) mass is 277 g/mol. The molecule has 20 heavy (non-hydrogen) atoms. The van der Waals surface area contributed by atoms with Crippen LogP contribution in [0.15, 0.2) is 18.3 Å². The zero-order valence-corrected chi connectivity index (χ0v) is 13.1. The number of hydrogen-bond acceptors (Lipinski definition) is 3. The van der Waals surface area contributed by atoms with Gasteiger partial charge in [-0.3, -0.25) is 4.79 Å². The minimum absolute atomic E-state index is 0.0260. The molecule has 112 valence electrons. The number of rotatable bonds is 6. The molecule has 0 bridgehead atoms. The zero-order chi connectivity index (χ0) is 15.2. The third-order valence-corrected chi connectivity index (χ3v) is 3.73. The van der Waals surface area contributed by atoms with E-state index in [1.54, 1.807) is 6.20 Å². The Morgan fingerprint density at radius 1 is 1.40 bits per heavy atom. The van der Waals surface area contributed by atoms with Gasteiger partial charge in [0.05, 0.1) is 0 Å². The second-order valence-corrected chi connectivity index (χ2v) is 6.40. The molecule has 0 aliphatic carbocycles. The lowest BCUT2D eigenvalue weighted by atomic mass is 9.76. The maximum atomic E-state index is 12.0. The number of carbonyl (C=O) groups is 1. The first-order chi connectivity index (χ1) is 9.34. The molecule has 0 aliphatic rings. The summed E-state index contributed by atoms with van der Waals surface area (Å²) >= 11 is 0. The fourth-order valence-electron chi connectivity index (χ4n) is 2.33. The Bertz CT molecular complexity index is 438. The third-order valence-electron chi connectivity index (χ3n) is 3.73. The van der Waals surface area contributed by atoms with E-state index in [9.17, 15) is 4.79 Å². The van der Waals surface area contributed by atoms with Crippen LogP contribution in [0.3, 0.4) is 0 Å². The molecule has 1 rings (SSSR count). The number of aryl methyl sites for hydroxylation is 1. The highest BCUT2D eigenvalue weighted by Crippen LogP contribution is 2.32. The fourth-order valence-corrected chi connectivity index (χ4v) is 2.33. The molecule has 0 fully saturated rings. The van der Waals surface area contributed by atoms with Gasteiger partial charge in [0.1, 0.15) is 5.82 Å². The van der Waals surface area contributed by atoms with Crippen molar-refractivity contribution in [3.8, 4) is 0 Å². The molecule has 4 nitrogen and oxygen atoms in total. The van der Waals surface area contributed by atoms with Gasteiger partial charge in [-0.05, 0) is 49.3 Å². The molecule has 0 spiro atoms. The quantitative estimate of drug-likeness (QED) is 0.839. The van der Waals surface area contributed by atoms with Gasteiger partial charge in [-0.15, -0.1) is 0 Å². The topological polar surface area (TPSA) is 68.0 Å². The molecular weight excluding hydrogens is 250 g/mol. The number of anilines is 1. The Balaban J connectivity index is 2.52. The summed E-state index contributed by atoms with van der Waals surface area (Å²) in [5.74, 6) is 1.14. The summed E-state index contributed by atoms with van der Waals surface area (Å²) in [5, 5.41) is 2.88. The van der Waals surface area contributed by atoms with Gasteiger partial charge in [0.15, 0.2) is 0 Å². The molecule has 1 atom stereocenters. The van der Waals surface area contributed by atoms with Gasteiger partial charge < -0.3 is 11.1 Å². The molecule has 1 unspecified atom stereocenters. The molecule has 0 aromatic carbocycles. The van der Waals surface area contributed by atoms with E-state index in [0.717, 1.165) is 18.4 Å². The standard InChI is InChI=1S/C16H27N3O/c1-12-6-5-11-18-15(12)19-14(20)8-7-13(9-10-17)16(2,3)4/h5-6,11,13H,7-10,17H2,1-4H3,(H,18,19,20). The highest BCUT2D eigenvalue weighted by molar-refractivity contribution is 5.90. The Hall–Kier alpha value is -1.42. The average molecular weight is 277 g/mol. The van der Waals surface area contributed by atoms with Crippen LogP contribution in [0.5, 0.6) is 0 Å². The predicted octanol–water partition coefficient (Wildman–Crippen LogP) is 3.12. The van der Waals surface area contributed by atoms with Crippen LogP contribution < -0.4 is 11.1 Å². The molecular formula is C16H27N3O. The van der Waals surface area contributed by atoms with Crippen LogP contribution in [0, 0.1) is 18.3 Å². The maximum Gasteiger partial charge on any atom is 0.225 e. The molecule has 0 saturated heterocycles. The number of nitrogens with two attached hydrogens (primary N) is 1. The predicted molar refractivity (Wildman–Crippen MR) is 83.5 cm³/mol. The molecule has 4 heteroatoms. The van der Waals surface area contributed by atoms with Crippen molar-refractivity contribution in [2.75, 3.05) is 11.9 Å². The van der Waals surface area contributed by atoms with E-state index in [0.29, 0.717) is 24.7 Å². The van der Waals surface area contributed by atoms with Crippen LogP contribution in [0.2, 0.25) is 0 Å². The molecule has 0 aliphatic heterocycles. The minimum atomic E-state index is 0.0260. The summed E-state index contributed by atoms with van der Waals surface area (Å²) in [6.07, 6.45) is 4.02. The zero-order valence-electron chi connectivity index (χ0n) is 13.1. The molecule has 3 N–H and O–H groups in total. The number of nitrogens with one attached hydrogen (secondary N) is 1. The first kappa shape index (κ1) is 16.6. The van der Waals surface area contributed by atoms with Gasteiger partial charge in [-0.2, -0.15) is 0 Å². The lowest BCUT2D eigenvalue weighted by Gasteiger charge is -2.30. The number of nitrogens with zero attached hydrogens (tertiary/aromatic N) is 1. The summed E-state index contributed by atoms with van der Waals surface area (Å²) < 4.78 is 0. The number of amides is 1. The summed E-state index contributed by atoms with van der Waals surface area (Å²) in [4.78, 5) is 16.2. The SMILES string of the molecule is Cc1cccnc1NC(=O)CCC(CCN)C(C)(C)C. The van der Waals surface area contributed by atoms with Crippen molar-refractivity contribution in [2.24, 2.45) is 17.1 Å². The van der Waals surface area contributed by atoms with Crippen molar-refractivity contribution >= 4 is 11.7 Å². The smallest absolute Gasteiger partial charge is 0.225 e. The molecule has 1 amide bonds. The Kier molecular flexibility index (Phi) is 6.14.